The van der Waals surface area contributed by atoms with Crippen molar-refractivity contribution >= 4 is 5.78 Å². The minimum atomic E-state index is 0.143. The second-order valence-electron chi connectivity index (χ2n) is 4.11. The predicted molar refractivity (Wildman–Crippen MR) is 68.5 cm³/mol. The fraction of sp³-hybridized carbons (Fsp3) is 0.286. The SMILES string of the molecule is Cn1ccc(CC(=O)CCOc2ccccc2)n1. The summed E-state index contributed by atoms with van der Waals surface area (Å²) >= 11 is 0. The van der Waals surface area contributed by atoms with Gasteiger partial charge in [0.25, 0.3) is 0 Å². The molecule has 1 aromatic heterocycles. The van der Waals surface area contributed by atoms with E-state index in [1.165, 1.54) is 0 Å². The normalized spacial score (nSPS) is 10.3. The number of aryl methyl sites for hydroxylation is 1. The Labute approximate surface area is 106 Å². The Bertz CT molecular complexity index is 506. The number of para-hydroxylation sites is 1. The number of benzene rings is 1. The van der Waals surface area contributed by atoms with Gasteiger partial charge in [-0.15, -0.1) is 0 Å². The number of ether oxygens (including phenoxy) is 1. The van der Waals surface area contributed by atoms with Gasteiger partial charge in [0.15, 0.2) is 0 Å². The van der Waals surface area contributed by atoms with Gasteiger partial charge in [0.2, 0.25) is 0 Å². The van der Waals surface area contributed by atoms with Crippen LogP contribution in [0.3, 0.4) is 0 Å². The van der Waals surface area contributed by atoms with E-state index < -0.39 is 0 Å². The van der Waals surface area contributed by atoms with Gasteiger partial charge >= 0.3 is 0 Å². The Balaban J connectivity index is 1.72. The first-order chi connectivity index (χ1) is 8.74. The molecule has 0 saturated carbocycles. The van der Waals surface area contributed by atoms with E-state index in [4.69, 9.17) is 4.74 Å². The Hall–Kier alpha value is -2.10. The zero-order valence-corrected chi connectivity index (χ0v) is 10.4. The van der Waals surface area contributed by atoms with E-state index in [1.807, 2.05) is 49.6 Å². The monoisotopic (exact) mass is 244 g/mol. The topological polar surface area (TPSA) is 44.1 Å². The van der Waals surface area contributed by atoms with E-state index in [0.29, 0.717) is 19.4 Å². The third-order valence-electron chi connectivity index (χ3n) is 2.54. The van der Waals surface area contributed by atoms with Crippen LogP contribution < -0.4 is 4.74 Å². The molecule has 0 amide bonds. The third-order valence-corrected chi connectivity index (χ3v) is 2.54. The van der Waals surface area contributed by atoms with Crippen LogP contribution in [-0.2, 0) is 18.3 Å². The lowest BCUT2D eigenvalue weighted by atomic mass is 10.2. The molecule has 0 atom stereocenters. The molecule has 18 heavy (non-hydrogen) atoms. The molecule has 0 aliphatic rings. The van der Waals surface area contributed by atoms with Gasteiger partial charge in [-0.2, -0.15) is 5.10 Å². The van der Waals surface area contributed by atoms with Crippen molar-refractivity contribution in [2.24, 2.45) is 7.05 Å². The van der Waals surface area contributed by atoms with Gasteiger partial charge in [-0.1, -0.05) is 18.2 Å². The fourth-order valence-electron chi connectivity index (χ4n) is 1.65. The highest BCUT2D eigenvalue weighted by atomic mass is 16.5. The quantitative estimate of drug-likeness (QED) is 0.780. The van der Waals surface area contributed by atoms with Crippen LogP contribution >= 0.6 is 0 Å². The lowest BCUT2D eigenvalue weighted by Gasteiger charge is -2.04. The second kappa shape index (κ2) is 6.00. The summed E-state index contributed by atoms with van der Waals surface area (Å²) in [7, 11) is 1.84. The van der Waals surface area contributed by atoms with Gasteiger partial charge < -0.3 is 4.74 Å². The summed E-state index contributed by atoms with van der Waals surface area (Å²) in [5.74, 6) is 0.938. The molecule has 0 fully saturated rings. The molecule has 0 aliphatic heterocycles. The molecule has 0 unspecified atom stereocenters. The molecule has 2 rings (SSSR count). The molecule has 0 aliphatic carbocycles. The van der Waals surface area contributed by atoms with E-state index in [0.717, 1.165) is 11.4 Å². The van der Waals surface area contributed by atoms with Crippen molar-refractivity contribution in [2.75, 3.05) is 6.61 Å². The zero-order valence-electron chi connectivity index (χ0n) is 10.4. The van der Waals surface area contributed by atoms with E-state index in [9.17, 15) is 4.79 Å². The van der Waals surface area contributed by atoms with Crippen LogP contribution in [0.1, 0.15) is 12.1 Å². The van der Waals surface area contributed by atoms with Crippen molar-refractivity contribution in [2.45, 2.75) is 12.8 Å². The number of rotatable bonds is 6. The summed E-state index contributed by atoms with van der Waals surface area (Å²) in [4.78, 5) is 11.7. The number of hydrogen-bond acceptors (Lipinski definition) is 3. The first kappa shape index (κ1) is 12.4. The summed E-state index contributed by atoms with van der Waals surface area (Å²) in [5, 5.41) is 4.17. The number of carbonyl (C=O) groups is 1. The molecular formula is C14H16N2O2. The number of nitrogens with zero attached hydrogens (tertiary/aromatic N) is 2. The second-order valence-corrected chi connectivity index (χ2v) is 4.11. The number of ketones is 1. The van der Waals surface area contributed by atoms with Crippen molar-refractivity contribution in [1.82, 2.24) is 9.78 Å². The van der Waals surface area contributed by atoms with Crippen LogP contribution in [0.15, 0.2) is 42.6 Å². The molecule has 0 saturated heterocycles. The average Bonchev–Trinajstić information content (AvgIpc) is 2.76. The number of carbonyl (C=O) groups excluding carboxylic acids is 1. The molecular weight excluding hydrogens is 228 g/mol. The molecule has 1 heterocycles. The van der Waals surface area contributed by atoms with Gasteiger partial charge in [-0.25, -0.2) is 0 Å². The standard InChI is InChI=1S/C14H16N2O2/c1-16-9-7-12(15-16)11-13(17)8-10-18-14-5-3-2-4-6-14/h2-7,9H,8,10-11H2,1H3. The lowest BCUT2D eigenvalue weighted by Crippen LogP contribution is -2.09. The Morgan fingerprint density at radius 2 is 2.06 bits per heavy atom. The van der Waals surface area contributed by atoms with Crippen molar-refractivity contribution < 1.29 is 9.53 Å². The molecule has 0 bridgehead atoms. The minimum Gasteiger partial charge on any atom is -0.493 e. The van der Waals surface area contributed by atoms with E-state index in [2.05, 4.69) is 5.10 Å². The first-order valence-electron chi connectivity index (χ1n) is 5.92. The Morgan fingerprint density at radius 1 is 1.28 bits per heavy atom. The maximum absolute atomic E-state index is 11.7. The van der Waals surface area contributed by atoms with Crippen LogP contribution in [0.4, 0.5) is 0 Å². The average molecular weight is 244 g/mol. The van der Waals surface area contributed by atoms with Gasteiger partial charge in [0.1, 0.15) is 11.5 Å². The van der Waals surface area contributed by atoms with Gasteiger partial charge in [-0.05, 0) is 18.2 Å². The molecule has 1 aromatic carbocycles. The molecule has 4 heteroatoms. The number of Topliss-reactive ketones (excluding diaryl/α,β-unsaturated/α-hetero) is 1. The van der Waals surface area contributed by atoms with Crippen LogP contribution in [0.25, 0.3) is 0 Å². The van der Waals surface area contributed by atoms with E-state index in [-0.39, 0.29) is 5.78 Å². The fourth-order valence-corrected chi connectivity index (χ4v) is 1.65. The summed E-state index contributed by atoms with van der Waals surface area (Å²) in [6.07, 6.45) is 2.62. The zero-order chi connectivity index (χ0) is 12.8. The maximum Gasteiger partial charge on any atom is 0.142 e. The summed E-state index contributed by atoms with van der Waals surface area (Å²) in [6, 6.07) is 11.4. The Kier molecular flexibility index (Phi) is 4.12. The molecule has 0 radical (unpaired) electrons. The molecule has 2 aromatic rings. The molecule has 0 spiro atoms. The Morgan fingerprint density at radius 3 is 2.72 bits per heavy atom. The largest absolute Gasteiger partial charge is 0.493 e. The number of hydrogen-bond donors (Lipinski definition) is 0. The third kappa shape index (κ3) is 3.73. The van der Waals surface area contributed by atoms with Crippen LogP contribution in [0.2, 0.25) is 0 Å². The first-order valence-corrected chi connectivity index (χ1v) is 5.92. The van der Waals surface area contributed by atoms with Crippen molar-refractivity contribution in [3.05, 3.63) is 48.3 Å². The summed E-state index contributed by atoms with van der Waals surface area (Å²) in [6.45, 7) is 0.412. The van der Waals surface area contributed by atoms with Gasteiger partial charge in [0.05, 0.1) is 18.7 Å². The molecule has 0 N–H and O–H groups in total. The summed E-state index contributed by atoms with van der Waals surface area (Å²) < 4.78 is 7.17. The van der Waals surface area contributed by atoms with Gasteiger partial charge in [0, 0.05) is 19.7 Å². The highest BCUT2D eigenvalue weighted by Gasteiger charge is 2.06. The highest BCUT2D eigenvalue weighted by molar-refractivity contribution is 5.80. The molecule has 94 valence electrons. The maximum atomic E-state index is 11.7. The summed E-state index contributed by atoms with van der Waals surface area (Å²) in [5.41, 5.74) is 0.808. The van der Waals surface area contributed by atoms with Crippen LogP contribution in [0, 0.1) is 0 Å². The van der Waals surface area contributed by atoms with Crippen molar-refractivity contribution in [3.63, 3.8) is 0 Å². The van der Waals surface area contributed by atoms with Crippen molar-refractivity contribution in [3.8, 4) is 5.75 Å². The predicted octanol–water partition coefficient (Wildman–Crippen LogP) is 2.00. The lowest BCUT2D eigenvalue weighted by molar-refractivity contribution is -0.118. The van der Waals surface area contributed by atoms with Crippen LogP contribution in [-0.4, -0.2) is 22.2 Å². The minimum absolute atomic E-state index is 0.143. The van der Waals surface area contributed by atoms with Crippen LogP contribution in [0.5, 0.6) is 5.75 Å². The van der Waals surface area contributed by atoms with Gasteiger partial charge in [-0.3, -0.25) is 9.48 Å². The van der Waals surface area contributed by atoms with E-state index >= 15 is 0 Å². The smallest absolute Gasteiger partial charge is 0.142 e. The van der Waals surface area contributed by atoms with E-state index in [1.54, 1.807) is 4.68 Å². The number of aromatic nitrogens is 2. The molecule has 4 nitrogen and oxygen atoms in total. The van der Waals surface area contributed by atoms with Crippen molar-refractivity contribution in [1.29, 1.82) is 0 Å². The highest BCUT2D eigenvalue weighted by Crippen LogP contribution is 2.08.